The van der Waals surface area contributed by atoms with Crippen LogP contribution in [0.5, 0.6) is 0 Å². The molecule has 3 fully saturated rings. The van der Waals surface area contributed by atoms with Gasteiger partial charge in [0.1, 0.15) is 12.1 Å². The predicted molar refractivity (Wildman–Crippen MR) is 278 cm³/mol. The summed E-state index contributed by atoms with van der Waals surface area (Å²) in [5.41, 5.74) is 6.60. The van der Waals surface area contributed by atoms with Gasteiger partial charge in [-0.25, -0.2) is 0 Å². The third-order valence-electron chi connectivity index (χ3n) is 6.09. The molecule has 2 heterocycles. The van der Waals surface area contributed by atoms with Gasteiger partial charge in [-0.15, -0.1) is 6.58 Å². The van der Waals surface area contributed by atoms with Gasteiger partial charge in [-0.1, -0.05) is 215 Å². The van der Waals surface area contributed by atoms with Crippen molar-refractivity contribution in [2.24, 2.45) is 11.7 Å². The average Bonchev–Trinajstić information content (AvgIpc) is 3.44. The Morgan fingerprint density at radius 1 is 0.857 bits per heavy atom. The van der Waals surface area contributed by atoms with Crippen LogP contribution in [-0.2, 0) is 25.7 Å². The van der Waals surface area contributed by atoms with Crippen LogP contribution < -0.4 is 11.1 Å². The Morgan fingerprint density at radius 3 is 1.70 bits per heavy atom. The number of aliphatic hydroxyl groups is 1. The molecule has 3 aliphatic rings. The van der Waals surface area contributed by atoms with Crippen LogP contribution in [0.15, 0.2) is 49.1 Å². The van der Waals surface area contributed by atoms with Gasteiger partial charge in [-0.2, -0.15) is 5.06 Å². The Bertz CT molecular complexity index is 1040. The van der Waals surface area contributed by atoms with Crippen molar-refractivity contribution in [3.8, 4) is 11.8 Å². The molecule has 0 aromatic heterocycles. The minimum Gasteiger partial charge on any atom is -0.390 e. The van der Waals surface area contributed by atoms with Gasteiger partial charge in [0, 0.05) is 18.5 Å². The number of nitrogens with one attached hydrogen (secondary N) is 1. The summed E-state index contributed by atoms with van der Waals surface area (Å²) in [6.45, 7) is 9.66. The molecule has 6 atom stereocenters. The fourth-order valence-corrected chi connectivity index (χ4v) is 4.64. The van der Waals surface area contributed by atoms with Crippen molar-refractivity contribution in [3.05, 3.63) is 60.2 Å². The Hall–Kier alpha value is -2.96. The predicted octanol–water partition coefficient (Wildman–Crippen LogP) is 15.7. The first-order chi connectivity index (χ1) is 15.3. The molecule has 0 radical (unpaired) electrons. The standard InChI is InChI=1S/C24H27N3O5.24CH4/c1-4-10-26-22(29)19-18-20(28)21-17(31-21)12-24(18,23(25)30)32-27(19)13-16-7-5-6-15(11-16)9-8-14(2)3;;;;;;;;;;;;;;;;;;;;;;;;/h4-7,11,17-21,28H,1-2,10,12-13H2,3H3,(H2,25,30)(H,26,29);24*1H4/t17-,18+,19-,20-,21-,24-;;;;;;;;;;;;;;;;;;;;;;;;/m0......................../s1. The molecule has 1 saturated carbocycles. The highest BCUT2D eigenvalue weighted by molar-refractivity contribution is 5.89. The number of nitrogens with two attached hydrogens (primary N) is 1. The van der Waals surface area contributed by atoms with E-state index in [4.69, 9.17) is 15.3 Å². The van der Waals surface area contributed by atoms with Crippen molar-refractivity contribution < 1.29 is 24.3 Å². The number of allylic oxidation sites excluding steroid dienone is 1. The van der Waals surface area contributed by atoms with Gasteiger partial charge in [0.2, 0.25) is 5.91 Å². The second-order valence-electron chi connectivity index (χ2n) is 8.49. The van der Waals surface area contributed by atoms with Crippen LogP contribution in [0.1, 0.15) is 203 Å². The summed E-state index contributed by atoms with van der Waals surface area (Å²) in [5.74, 6) is 4.01. The van der Waals surface area contributed by atoms with Gasteiger partial charge in [0.15, 0.2) is 5.60 Å². The van der Waals surface area contributed by atoms with Gasteiger partial charge < -0.3 is 20.9 Å². The molecule has 4 N–H and O–H groups in total. The average molecular weight is 823 g/mol. The molecular weight excluding hydrogens is 699 g/mol. The van der Waals surface area contributed by atoms with Gasteiger partial charge >= 0.3 is 0 Å². The number of nitrogens with zero attached hydrogens (tertiary/aromatic N) is 1. The molecule has 2 saturated heterocycles. The number of carbonyl (C=O) groups excluding carboxylic acids is 2. The molecule has 0 spiro atoms. The van der Waals surface area contributed by atoms with E-state index in [9.17, 15) is 14.7 Å². The van der Waals surface area contributed by atoms with Crippen LogP contribution in [0.4, 0.5) is 0 Å². The number of carbonyl (C=O) groups is 2. The number of epoxide rings is 1. The summed E-state index contributed by atoms with van der Waals surface area (Å²) in [7, 11) is 0. The minimum atomic E-state index is -1.52. The molecule has 1 aromatic rings. The molecule has 1 aromatic carbocycles. The zero-order valence-electron chi connectivity index (χ0n) is 17.9. The van der Waals surface area contributed by atoms with E-state index >= 15 is 0 Å². The number of aliphatic hydroxyl groups excluding tert-OH is 1. The molecule has 1 aliphatic carbocycles. The number of primary amides is 1. The molecule has 0 unspecified atom stereocenters. The van der Waals surface area contributed by atoms with E-state index in [1.54, 1.807) is 6.08 Å². The lowest BCUT2D eigenvalue weighted by Gasteiger charge is -2.35. The van der Waals surface area contributed by atoms with Gasteiger partial charge in [-0.05, 0) is 30.2 Å². The summed E-state index contributed by atoms with van der Waals surface area (Å²) < 4.78 is 5.50. The lowest BCUT2D eigenvalue weighted by Crippen LogP contribution is -2.60. The summed E-state index contributed by atoms with van der Waals surface area (Å²) in [5, 5.41) is 15.1. The maximum atomic E-state index is 13.1. The van der Waals surface area contributed by atoms with Crippen LogP contribution in [0.3, 0.4) is 0 Å². The number of hydrogen-bond donors (Lipinski definition) is 3. The van der Waals surface area contributed by atoms with Crippen molar-refractivity contribution in [2.75, 3.05) is 6.54 Å². The second kappa shape index (κ2) is 56.4. The highest BCUT2D eigenvalue weighted by Gasteiger charge is 2.72. The summed E-state index contributed by atoms with van der Waals surface area (Å²) in [6.07, 6.45) is -0.0441. The fraction of sp³-hybridized carbons (Fsp3) is 0.708. The van der Waals surface area contributed by atoms with Crippen molar-refractivity contribution in [1.82, 2.24) is 10.4 Å². The maximum absolute atomic E-state index is 13.1. The van der Waals surface area contributed by atoms with Gasteiger partial charge in [0.25, 0.3) is 5.91 Å². The van der Waals surface area contributed by atoms with E-state index in [2.05, 4.69) is 30.3 Å². The molecule has 4 rings (SSSR count). The van der Waals surface area contributed by atoms with Crippen molar-refractivity contribution in [1.29, 1.82) is 0 Å². The monoisotopic (exact) mass is 822 g/mol. The van der Waals surface area contributed by atoms with Crippen molar-refractivity contribution >= 4 is 11.8 Å². The summed E-state index contributed by atoms with van der Waals surface area (Å²) in [4.78, 5) is 31.8. The van der Waals surface area contributed by atoms with E-state index < -0.39 is 35.7 Å². The van der Waals surface area contributed by atoms with Crippen LogP contribution in [-0.4, -0.2) is 58.5 Å². The van der Waals surface area contributed by atoms with E-state index in [0.29, 0.717) is 0 Å². The Labute approximate surface area is 363 Å². The highest BCUT2D eigenvalue weighted by atomic mass is 16.7. The number of hydrogen-bond acceptors (Lipinski definition) is 6. The first-order valence-corrected chi connectivity index (χ1v) is 10.5. The zero-order valence-corrected chi connectivity index (χ0v) is 17.9. The maximum Gasteiger partial charge on any atom is 0.252 e. The second-order valence-corrected chi connectivity index (χ2v) is 8.49. The van der Waals surface area contributed by atoms with E-state index in [0.717, 1.165) is 16.7 Å². The van der Waals surface area contributed by atoms with Crippen molar-refractivity contribution in [3.63, 3.8) is 0 Å². The highest BCUT2D eigenvalue weighted by Crippen LogP contribution is 2.53. The molecule has 360 valence electrons. The molecule has 56 heavy (non-hydrogen) atoms. The molecule has 0 bridgehead atoms. The Balaban J connectivity index is -0.0000000269. The molecule has 8 nitrogen and oxygen atoms in total. The molecule has 2 aliphatic heterocycles. The quantitative estimate of drug-likeness (QED) is 0.149. The van der Waals surface area contributed by atoms with Gasteiger partial charge in [0.05, 0.1) is 24.7 Å². The lowest BCUT2D eigenvalue weighted by molar-refractivity contribution is -0.217. The van der Waals surface area contributed by atoms with Crippen LogP contribution in [0.25, 0.3) is 0 Å². The number of hydroxylamine groups is 2. The van der Waals surface area contributed by atoms with Crippen molar-refractivity contribution in [2.45, 2.75) is 228 Å². The summed E-state index contributed by atoms with van der Waals surface area (Å²) in [6, 6.07) is 6.55. The number of rotatable bonds is 6. The van der Waals surface area contributed by atoms with E-state index in [-0.39, 0.29) is 210 Å². The van der Waals surface area contributed by atoms with E-state index in [1.165, 1.54) is 5.06 Å². The zero-order chi connectivity index (χ0) is 23.0. The third-order valence-corrected chi connectivity index (χ3v) is 6.09. The molecule has 2 amide bonds. The van der Waals surface area contributed by atoms with Crippen LogP contribution in [0, 0.1) is 17.8 Å². The number of amides is 2. The topological polar surface area (TPSA) is 117 Å². The smallest absolute Gasteiger partial charge is 0.252 e. The Kier molecular flexibility index (Phi) is 141. The molecular formula is C48H123N3O5. The van der Waals surface area contributed by atoms with Crippen LogP contribution >= 0.6 is 0 Å². The lowest BCUT2D eigenvalue weighted by atomic mass is 9.70. The van der Waals surface area contributed by atoms with Gasteiger partial charge in [-0.3, -0.25) is 14.4 Å². The first kappa shape index (κ1) is 140. The normalized spacial score (nSPS) is 18.6. The third kappa shape index (κ3) is 27.6. The number of benzene rings is 1. The Morgan fingerprint density at radius 2 is 1.30 bits per heavy atom. The minimum absolute atomic E-state index is 0. The SMILES string of the molecule is C.C.C.C.C.C.C.C.C.C.C.C.C.C.C.C.C.C.C.C.C.C.C.C.C=CCNC(=O)[C@@H]1[C@@H]2[C@H](O)[C@H]3O[C@H]3C[C@]2(C(N)=O)ON1Cc1cccc(C#CC(=C)C)c1. The van der Waals surface area contributed by atoms with Crippen LogP contribution in [0.2, 0.25) is 0 Å². The number of fused-ring (bicyclic) bond motifs is 2. The first-order valence-electron chi connectivity index (χ1n) is 10.5. The largest absolute Gasteiger partial charge is 0.390 e. The summed E-state index contributed by atoms with van der Waals surface area (Å²) >= 11 is 0. The van der Waals surface area contributed by atoms with E-state index in [1.807, 2.05) is 31.2 Å². The molecule has 8 heteroatoms. The number of ether oxygens (including phenoxy) is 1. The fourth-order valence-electron chi connectivity index (χ4n) is 4.64.